The van der Waals surface area contributed by atoms with Gasteiger partial charge in [-0.2, -0.15) is 5.10 Å². The number of nitrogens with zero attached hydrogens (tertiary/aromatic N) is 5. The Morgan fingerprint density at radius 1 is 1.39 bits per heavy atom. The number of anilines is 1. The Hall–Kier alpha value is -2.30. The molecular formula is C19H27IN6O2. The Balaban J connectivity index is 0.00000280. The molecule has 0 aliphatic carbocycles. The van der Waals surface area contributed by atoms with Crippen LogP contribution in [0.4, 0.5) is 5.69 Å². The van der Waals surface area contributed by atoms with Crippen molar-refractivity contribution in [3.63, 3.8) is 0 Å². The number of fused-ring (bicyclic) bond motifs is 1. The van der Waals surface area contributed by atoms with Crippen LogP contribution in [0.1, 0.15) is 12.0 Å². The van der Waals surface area contributed by atoms with Gasteiger partial charge in [0.25, 0.3) is 5.91 Å². The fourth-order valence-electron chi connectivity index (χ4n) is 3.12. The van der Waals surface area contributed by atoms with Crippen LogP contribution in [0.15, 0.2) is 41.7 Å². The van der Waals surface area contributed by atoms with E-state index in [0.717, 1.165) is 42.5 Å². The van der Waals surface area contributed by atoms with Crippen molar-refractivity contribution in [3.05, 3.63) is 42.2 Å². The lowest BCUT2D eigenvalue weighted by Gasteiger charge is -2.29. The van der Waals surface area contributed by atoms with Crippen LogP contribution in [-0.2, 0) is 18.4 Å². The lowest BCUT2D eigenvalue weighted by molar-refractivity contribution is -0.121. The minimum absolute atomic E-state index is 0. The predicted molar refractivity (Wildman–Crippen MR) is 120 cm³/mol. The number of para-hydroxylation sites is 2. The van der Waals surface area contributed by atoms with Gasteiger partial charge in [-0.05, 0) is 18.6 Å². The molecule has 8 nitrogen and oxygen atoms in total. The van der Waals surface area contributed by atoms with E-state index in [1.165, 1.54) is 0 Å². The van der Waals surface area contributed by atoms with Crippen molar-refractivity contribution in [2.75, 3.05) is 38.7 Å². The van der Waals surface area contributed by atoms with E-state index in [1.54, 1.807) is 16.6 Å². The van der Waals surface area contributed by atoms with Gasteiger partial charge in [0, 0.05) is 52.5 Å². The number of aliphatic imine (C=N–C) groups is 1. The number of carbonyl (C=O) groups excluding carboxylic acids is 1. The molecule has 28 heavy (non-hydrogen) atoms. The maximum Gasteiger partial charge on any atom is 0.265 e. The van der Waals surface area contributed by atoms with Crippen LogP contribution < -0.4 is 15.0 Å². The van der Waals surface area contributed by atoms with Gasteiger partial charge in [0.1, 0.15) is 5.75 Å². The summed E-state index contributed by atoms with van der Waals surface area (Å²) >= 11 is 0. The number of amides is 1. The molecule has 1 aliphatic heterocycles. The maximum absolute atomic E-state index is 12.2. The van der Waals surface area contributed by atoms with E-state index in [1.807, 2.05) is 55.7 Å². The van der Waals surface area contributed by atoms with Crippen molar-refractivity contribution in [2.45, 2.75) is 13.0 Å². The number of carbonyl (C=O) groups is 1. The van der Waals surface area contributed by atoms with Crippen molar-refractivity contribution in [3.8, 4) is 5.75 Å². The first-order chi connectivity index (χ1) is 13.1. The highest BCUT2D eigenvalue weighted by atomic mass is 127. The highest BCUT2D eigenvalue weighted by Gasteiger charge is 2.24. The second-order valence-corrected chi connectivity index (χ2v) is 6.51. The van der Waals surface area contributed by atoms with Crippen molar-refractivity contribution in [1.29, 1.82) is 0 Å². The lowest BCUT2D eigenvalue weighted by atomic mass is 10.2. The van der Waals surface area contributed by atoms with E-state index >= 15 is 0 Å². The summed E-state index contributed by atoms with van der Waals surface area (Å²) in [6.45, 7) is 2.18. The van der Waals surface area contributed by atoms with Crippen LogP contribution in [0.5, 0.6) is 5.75 Å². The first kappa shape index (κ1) is 22.0. The number of hydrogen-bond acceptors (Lipinski definition) is 4. The van der Waals surface area contributed by atoms with Gasteiger partial charge in [-0.15, -0.1) is 24.0 Å². The number of ether oxygens (including phenoxy) is 1. The molecular weight excluding hydrogens is 471 g/mol. The van der Waals surface area contributed by atoms with Gasteiger partial charge in [0.05, 0.1) is 11.9 Å². The number of halogens is 1. The van der Waals surface area contributed by atoms with Gasteiger partial charge < -0.3 is 19.9 Å². The quantitative estimate of drug-likeness (QED) is 0.285. The third kappa shape index (κ3) is 5.37. The molecule has 0 bridgehead atoms. The summed E-state index contributed by atoms with van der Waals surface area (Å²) in [4.78, 5) is 20.4. The van der Waals surface area contributed by atoms with Crippen LogP contribution >= 0.6 is 24.0 Å². The maximum atomic E-state index is 12.2. The third-order valence-corrected chi connectivity index (χ3v) is 4.40. The van der Waals surface area contributed by atoms with E-state index in [0.29, 0.717) is 6.54 Å². The summed E-state index contributed by atoms with van der Waals surface area (Å²) < 4.78 is 7.27. The van der Waals surface area contributed by atoms with Gasteiger partial charge in [-0.3, -0.25) is 14.5 Å². The number of guanidine groups is 1. The Labute approximate surface area is 182 Å². The Bertz CT molecular complexity index is 822. The molecule has 9 heteroatoms. The van der Waals surface area contributed by atoms with E-state index in [2.05, 4.69) is 15.4 Å². The fraction of sp³-hybridized carbons (Fsp3) is 0.421. The van der Waals surface area contributed by atoms with E-state index in [4.69, 9.17) is 4.74 Å². The molecule has 1 amide bonds. The largest absolute Gasteiger partial charge is 0.482 e. The van der Waals surface area contributed by atoms with Gasteiger partial charge in [0.15, 0.2) is 12.6 Å². The first-order valence-corrected chi connectivity index (χ1v) is 9.00. The van der Waals surface area contributed by atoms with Crippen LogP contribution in [0, 0.1) is 0 Å². The average molecular weight is 498 g/mol. The van der Waals surface area contributed by atoms with Gasteiger partial charge in [-0.1, -0.05) is 12.1 Å². The second kappa shape index (κ2) is 10.3. The Morgan fingerprint density at radius 3 is 2.89 bits per heavy atom. The molecule has 0 radical (unpaired) electrons. The van der Waals surface area contributed by atoms with Crippen LogP contribution in [-0.4, -0.2) is 60.3 Å². The highest BCUT2D eigenvalue weighted by Crippen LogP contribution is 2.31. The summed E-state index contributed by atoms with van der Waals surface area (Å²) in [5.74, 6) is 1.57. The van der Waals surface area contributed by atoms with Crippen LogP contribution in [0.25, 0.3) is 0 Å². The number of aryl methyl sites for hydroxylation is 1. The smallest absolute Gasteiger partial charge is 0.265 e. The molecule has 152 valence electrons. The molecule has 1 aliphatic rings. The number of nitrogens with one attached hydrogen (secondary N) is 1. The standard InChI is InChI=1S/C19H26N6O2.HI/c1-20-19(23(2)12-15-11-22-24(3)13-15)21-9-6-10-25-16-7-4-5-8-17(16)27-14-18(25)26;/h4-5,7-8,11,13H,6,9-10,12,14H2,1-3H3,(H,20,21);1H. The minimum atomic E-state index is -0.00761. The normalized spacial score (nSPS) is 13.5. The number of benzene rings is 1. The molecule has 0 saturated heterocycles. The molecule has 0 unspecified atom stereocenters. The molecule has 2 heterocycles. The zero-order valence-electron chi connectivity index (χ0n) is 16.5. The monoisotopic (exact) mass is 498 g/mol. The summed E-state index contributed by atoms with van der Waals surface area (Å²) in [6.07, 6.45) is 4.65. The molecule has 1 aromatic carbocycles. The third-order valence-electron chi connectivity index (χ3n) is 4.40. The summed E-state index contributed by atoms with van der Waals surface area (Å²) in [5.41, 5.74) is 1.96. The molecule has 0 fully saturated rings. The lowest BCUT2D eigenvalue weighted by Crippen LogP contribution is -2.42. The van der Waals surface area contributed by atoms with Crippen molar-refractivity contribution < 1.29 is 9.53 Å². The molecule has 3 rings (SSSR count). The zero-order chi connectivity index (χ0) is 19.2. The minimum Gasteiger partial charge on any atom is -0.482 e. The Kier molecular flexibility index (Phi) is 8.09. The Morgan fingerprint density at radius 2 is 2.18 bits per heavy atom. The second-order valence-electron chi connectivity index (χ2n) is 6.51. The number of aromatic nitrogens is 2. The van der Waals surface area contributed by atoms with E-state index in [-0.39, 0.29) is 36.5 Å². The van der Waals surface area contributed by atoms with Gasteiger partial charge in [0.2, 0.25) is 0 Å². The van der Waals surface area contributed by atoms with Crippen molar-refractivity contribution >= 4 is 41.5 Å². The molecule has 1 N–H and O–H groups in total. The van der Waals surface area contributed by atoms with Crippen LogP contribution in [0.2, 0.25) is 0 Å². The predicted octanol–water partition coefficient (Wildman–Crippen LogP) is 1.86. The van der Waals surface area contributed by atoms with Gasteiger partial charge in [-0.25, -0.2) is 0 Å². The van der Waals surface area contributed by atoms with Crippen molar-refractivity contribution in [1.82, 2.24) is 20.0 Å². The first-order valence-electron chi connectivity index (χ1n) is 9.00. The van der Waals surface area contributed by atoms with E-state index in [9.17, 15) is 4.79 Å². The molecule has 2 aromatic rings. The molecule has 0 atom stereocenters. The summed E-state index contributed by atoms with van der Waals surface area (Å²) in [5, 5.41) is 7.54. The summed E-state index contributed by atoms with van der Waals surface area (Å²) in [6, 6.07) is 7.64. The number of hydrogen-bond donors (Lipinski definition) is 1. The van der Waals surface area contributed by atoms with Crippen molar-refractivity contribution in [2.24, 2.45) is 12.0 Å². The topological polar surface area (TPSA) is 75.0 Å². The highest BCUT2D eigenvalue weighted by molar-refractivity contribution is 14.0. The van der Waals surface area contributed by atoms with E-state index < -0.39 is 0 Å². The average Bonchev–Trinajstić information content (AvgIpc) is 3.07. The molecule has 0 spiro atoms. The molecule has 1 aromatic heterocycles. The summed E-state index contributed by atoms with van der Waals surface area (Å²) in [7, 11) is 5.66. The SMILES string of the molecule is CN=C(NCCCN1C(=O)COc2ccccc21)N(C)Cc1cnn(C)c1.I. The van der Waals surface area contributed by atoms with Crippen LogP contribution in [0.3, 0.4) is 0 Å². The molecule has 0 saturated carbocycles. The number of rotatable bonds is 6. The fourth-order valence-corrected chi connectivity index (χ4v) is 3.12. The van der Waals surface area contributed by atoms with Gasteiger partial charge >= 0.3 is 0 Å². The zero-order valence-corrected chi connectivity index (χ0v) is 18.8.